The van der Waals surface area contributed by atoms with Gasteiger partial charge < -0.3 is 10.2 Å². The topological polar surface area (TPSA) is 15.3 Å². The fourth-order valence-electron chi connectivity index (χ4n) is 3.06. The Balaban J connectivity index is 1.90. The van der Waals surface area contributed by atoms with Crippen LogP contribution in [0.15, 0.2) is 18.2 Å². The molecule has 2 nitrogen and oxygen atoms in total. The van der Waals surface area contributed by atoms with Crippen molar-refractivity contribution in [3.05, 3.63) is 29.6 Å². The molecule has 1 N–H and O–H groups in total. The van der Waals surface area contributed by atoms with E-state index in [1.54, 1.807) is 0 Å². The SMILES string of the molecule is Fc1cc(C(F)(F)F)ccc1N1CCC2CNCC21. The molecule has 2 fully saturated rings. The molecule has 6 heteroatoms. The van der Waals surface area contributed by atoms with Crippen LogP contribution in [0.4, 0.5) is 23.2 Å². The predicted molar refractivity (Wildman–Crippen MR) is 63.5 cm³/mol. The van der Waals surface area contributed by atoms with Crippen LogP contribution in [0.3, 0.4) is 0 Å². The Morgan fingerprint density at radius 1 is 1.21 bits per heavy atom. The summed E-state index contributed by atoms with van der Waals surface area (Å²) in [5, 5.41) is 3.23. The smallest absolute Gasteiger partial charge is 0.365 e. The molecule has 0 saturated carbocycles. The maximum atomic E-state index is 13.9. The van der Waals surface area contributed by atoms with Gasteiger partial charge in [-0.15, -0.1) is 0 Å². The molecule has 0 bridgehead atoms. The molecule has 19 heavy (non-hydrogen) atoms. The average molecular weight is 274 g/mol. The highest BCUT2D eigenvalue weighted by molar-refractivity contribution is 5.52. The van der Waals surface area contributed by atoms with E-state index in [2.05, 4.69) is 5.32 Å². The van der Waals surface area contributed by atoms with Crippen molar-refractivity contribution in [1.29, 1.82) is 0 Å². The third-order valence-corrected chi connectivity index (χ3v) is 4.03. The normalized spacial score (nSPS) is 26.8. The molecule has 2 aliphatic heterocycles. The summed E-state index contributed by atoms with van der Waals surface area (Å²) in [6, 6.07) is 2.99. The van der Waals surface area contributed by atoms with E-state index in [0.29, 0.717) is 18.5 Å². The van der Waals surface area contributed by atoms with Crippen LogP contribution in [0, 0.1) is 11.7 Å². The quantitative estimate of drug-likeness (QED) is 0.792. The first kappa shape index (κ1) is 12.7. The van der Waals surface area contributed by atoms with Crippen molar-refractivity contribution in [2.75, 3.05) is 24.5 Å². The van der Waals surface area contributed by atoms with Crippen LogP contribution in [0.5, 0.6) is 0 Å². The largest absolute Gasteiger partial charge is 0.416 e. The highest BCUT2D eigenvalue weighted by Gasteiger charge is 2.39. The molecule has 0 radical (unpaired) electrons. The predicted octanol–water partition coefficient (Wildman–Crippen LogP) is 2.64. The third kappa shape index (κ3) is 2.18. The number of hydrogen-bond donors (Lipinski definition) is 1. The maximum absolute atomic E-state index is 13.9. The van der Waals surface area contributed by atoms with E-state index in [1.165, 1.54) is 6.07 Å². The van der Waals surface area contributed by atoms with Gasteiger partial charge in [0.25, 0.3) is 0 Å². The minimum atomic E-state index is -4.50. The van der Waals surface area contributed by atoms with Crippen LogP contribution < -0.4 is 10.2 Å². The van der Waals surface area contributed by atoms with Crippen molar-refractivity contribution in [3.63, 3.8) is 0 Å². The van der Waals surface area contributed by atoms with E-state index in [9.17, 15) is 17.6 Å². The van der Waals surface area contributed by atoms with Crippen LogP contribution in [-0.4, -0.2) is 25.7 Å². The second-order valence-corrected chi connectivity index (χ2v) is 5.13. The highest BCUT2D eigenvalue weighted by atomic mass is 19.4. The molecule has 1 aromatic carbocycles. The van der Waals surface area contributed by atoms with Gasteiger partial charge in [-0.1, -0.05) is 0 Å². The van der Waals surface area contributed by atoms with Crippen molar-refractivity contribution in [1.82, 2.24) is 5.32 Å². The zero-order valence-corrected chi connectivity index (χ0v) is 10.2. The second kappa shape index (κ2) is 4.37. The van der Waals surface area contributed by atoms with Crippen molar-refractivity contribution < 1.29 is 17.6 Å². The molecular formula is C13H14F4N2. The van der Waals surface area contributed by atoms with Crippen LogP contribution in [0.25, 0.3) is 0 Å². The van der Waals surface area contributed by atoms with E-state index in [4.69, 9.17) is 0 Å². The second-order valence-electron chi connectivity index (χ2n) is 5.13. The average Bonchev–Trinajstić information content (AvgIpc) is 2.90. The molecule has 104 valence electrons. The van der Waals surface area contributed by atoms with Crippen LogP contribution in [0.2, 0.25) is 0 Å². The number of rotatable bonds is 1. The minimum absolute atomic E-state index is 0.200. The van der Waals surface area contributed by atoms with E-state index >= 15 is 0 Å². The van der Waals surface area contributed by atoms with Gasteiger partial charge in [0.2, 0.25) is 0 Å². The summed E-state index contributed by atoms with van der Waals surface area (Å²) >= 11 is 0. The molecule has 2 unspecified atom stereocenters. The Labute approximate surface area is 108 Å². The number of nitrogens with one attached hydrogen (secondary N) is 1. The molecule has 0 amide bonds. The van der Waals surface area contributed by atoms with Gasteiger partial charge >= 0.3 is 6.18 Å². The number of alkyl halides is 3. The molecule has 0 aromatic heterocycles. The van der Waals surface area contributed by atoms with Gasteiger partial charge in [0, 0.05) is 25.7 Å². The fourth-order valence-corrected chi connectivity index (χ4v) is 3.06. The van der Waals surface area contributed by atoms with Crippen molar-refractivity contribution in [3.8, 4) is 0 Å². The molecule has 0 aliphatic carbocycles. The van der Waals surface area contributed by atoms with Crippen molar-refractivity contribution >= 4 is 5.69 Å². The van der Waals surface area contributed by atoms with Gasteiger partial charge in [0.15, 0.2) is 0 Å². The molecule has 2 heterocycles. The lowest BCUT2D eigenvalue weighted by Crippen LogP contribution is -2.34. The standard InChI is InChI=1S/C13H14F4N2/c14-10-5-9(13(15,16)17)1-2-11(10)19-4-3-8-6-18-7-12(8)19/h1-2,5,8,12,18H,3-4,6-7H2. The first-order chi connectivity index (χ1) is 8.97. The lowest BCUT2D eigenvalue weighted by molar-refractivity contribution is -0.137. The first-order valence-electron chi connectivity index (χ1n) is 6.31. The summed E-state index contributed by atoms with van der Waals surface area (Å²) in [5.41, 5.74) is -0.654. The first-order valence-corrected chi connectivity index (χ1v) is 6.31. The van der Waals surface area contributed by atoms with Gasteiger partial charge in [-0.2, -0.15) is 13.2 Å². The lowest BCUT2D eigenvalue weighted by atomic mass is 10.0. The van der Waals surface area contributed by atoms with E-state index in [1.807, 2.05) is 4.90 Å². The summed E-state index contributed by atoms with van der Waals surface area (Å²) in [4.78, 5) is 1.89. The number of fused-ring (bicyclic) bond motifs is 1. The molecule has 0 spiro atoms. The Kier molecular flexibility index (Phi) is 2.92. The molecule has 2 aliphatic rings. The maximum Gasteiger partial charge on any atom is 0.416 e. The van der Waals surface area contributed by atoms with Gasteiger partial charge in [-0.3, -0.25) is 0 Å². The molecule has 1 aromatic rings. The van der Waals surface area contributed by atoms with Crippen molar-refractivity contribution in [2.24, 2.45) is 5.92 Å². The zero-order valence-electron chi connectivity index (χ0n) is 10.2. The Morgan fingerprint density at radius 3 is 2.68 bits per heavy atom. The molecule has 2 saturated heterocycles. The van der Waals surface area contributed by atoms with Crippen LogP contribution in [-0.2, 0) is 6.18 Å². The summed E-state index contributed by atoms with van der Waals surface area (Å²) < 4.78 is 51.4. The van der Waals surface area contributed by atoms with Crippen LogP contribution in [0.1, 0.15) is 12.0 Å². The summed E-state index contributed by atoms with van der Waals surface area (Å²) in [5.74, 6) is -0.316. The number of anilines is 1. The van der Waals surface area contributed by atoms with Gasteiger partial charge in [0.05, 0.1) is 11.3 Å². The van der Waals surface area contributed by atoms with Crippen LogP contribution >= 0.6 is 0 Å². The lowest BCUT2D eigenvalue weighted by Gasteiger charge is -2.26. The Morgan fingerprint density at radius 2 is 2.00 bits per heavy atom. The summed E-state index contributed by atoms with van der Waals surface area (Å²) in [6.45, 7) is 2.38. The van der Waals surface area contributed by atoms with Gasteiger partial charge in [0.1, 0.15) is 5.82 Å². The molecular weight excluding hydrogens is 260 g/mol. The minimum Gasteiger partial charge on any atom is -0.365 e. The third-order valence-electron chi connectivity index (χ3n) is 4.03. The zero-order chi connectivity index (χ0) is 13.6. The number of nitrogens with zero attached hydrogens (tertiary/aromatic N) is 1. The van der Waals surface area contributed by atoms with Gasteiger partial charge in [-0.25, -0.2) is 4.39 Å². The number of halogens is 4. The van der Waals surface area contributed by atoms with Gasteiger partial charge in [-0.05, 0) is 30.5 Å². The summed E-state index contributed by atoms with van der Waals surface area (Å²) in [7, 11) is 0. The number of benzene rings is 1. The summed E-state index contributed by atoms with van der Waals surface area (Å²) in [6.07, 6.45) is -3.54. The van der Waals surface area contributed by atoms with E-state index in [-0.39, 0.29) is 11.7 Å². The number of hydrogen-bond acceptors (Lipinski definition) is 2. The van der Waals surface area contributed by atoms with E-state index in [0.717, 1.165) is 25.6 Å². The van der Waals surface area contributed by atoms with Crippen molar-refractivity contribution in [2.45, 2.75) is 18.6 Å². The monoisotopic (exact) mass is 274 g/mol. The molecule has 2 atom stereocenters. The van der Waals surface area contributed by atoms with E-state index < -0.39 is 17.6 Å². The molecule has 3 rings (SSSR count). The fraction of sp³-hybridized carbons (Fsp3) is 0.538. The Bertz CT molecular complexity index is 486. The Hall–Kier alpha value is -1.30. The highest BCUT2D eigenvalue weighted by Crippen LogP contribution is 2.36.